The van der Waals surface area contributed by atoms with E-state index in [1.165, 1.54) is 60.8 Å². The molecule has 0 atom stereocenters. The Balaban J connectivity index is 1.36. The highest BCUT2D eigenvalue weighted by Crippen LogP contribution is 2.26. The number of imidazole rings is 1. The quantitative estimate of drug-likeness (QED) is 0.570. The number of aryl methyl sites for hydroxylation is 1. The van der Waals surface area contributed by atoms with Gasteiger partial charge in [0.1, 0.15) is 0 Å². The number of aromatic nitrogens is 2. The molecule has 0 spiro atoms. The normalized spacial score (nSPS) is 15.6. The second-order valence-corrected chi connectivity index (χ2v) is 7.75. The van der Waals surface area contributed by atoms with Crippen LogP contribution in [0.1, 0.15) is 49.7 Å². The fraction of sp³-hybridized carbons (Fsp3) is 0.435. The van der Waals surface area contributed by atoms with Gasteiger partial charge < -0.3 is 10.3 Å². The Kier molecular flexibility index (Phi) is 5.35. The topological polar surface area (TPSA) is 40.7 Å². The van der Waals surface area contributed by atoms with E-state index in [9.17, 15) is 0 Å². The molecule has 3 nitrogen and oxygen atoms in total. The first-order valence-electron chi connectivity index (χ1n) is 10.0. The SMILES string of the molecule is Cc1cc(-c2ccc3nc[nH]c3c2)ccc1CNCCC1CCCCC1. The average Bonchev–Trinajstić information content (AvgIpc) is 3.15. The smallest absolute Gasteiger partial charge is 0.0931 e. The Morgan fingerprint density at radius 1 is 1.04 bits per heavy atom. The highest BCUT2D eigenvalue weighted by Gasteiger charge is 2.12. The first-order chi connectivity index (χ1) is 12.8. The first kappa shape index (κ1) is 17.3. The minimum absolute atomic E-state index is 0.956. The second-order valence-electron chi connectivity index (χ2n) is 7.75. The molecule has 136 valence electrons. The summed E-state index contributed by atoms with van der Waals surface area (Å²) in [7, 11) is 0. The molecule has 1 aliphatic carbocycles. The highest BCUT2D eigenvalue weighted by molar-refractivity contribution is 5.81. The summed E-state index contributed by atoms with van der Waals surface area (Å²) in [6, 6.07) is 13.2. The number of aromatic amines is 1. The van der Waals surface area contributed by atoms with Gasteiger partial charge in [0.05, 0.1) is 17.4 Å². The third-order valence-electron chi connectivity index (χ3n) is 5.87. The van der Waals surface area contributed by atoms with Crippen LogP contribution in [0.5, 0.6) is 0 Å². The van der Waals surface area contributed by atoms with Gasteiger partial charge in [0.15, 0.2) is 0 Å². The summed E-state index contributed by atoms with van der Waals surface area (Å²) in [6.45, 7) is 4.33. The van der Waals surface area contributed by atoms with Crippen LogP contribution in [-0.4, -0.2) is 16.5 Å². The summed E-state index contributed by atoms with van der Waals surface area (Å²) >= 11 is 0. The summed E-state index contributed by atoms with van der Waals surface area (Å²) in [6.07, 6.45) is 10.3. The van der Waals surface area contributed by atoms with Crippen LogP contribution in [0.2, 0.25) is 0 Å². The molecule has 1 aliphatic rings. The van der Waals surface area contributed by atoms with Crippen LogP contribution in [0, 0.1) is 12.8 Å². The van der Waals surface area contributed by atoms with Crippen molar-refractivity contribution in [1.29, 1.82) is 0 Å². The maximum absolute atomic E-state index is 4.30. The Morgan fingerprint density at radius 3 is 2.69 bits per heavy atom. The minimum atomic E-state index is 0.956. The van der Waals surface area contributed by atoms with Crippen LogP contribution in [0.4, 0.5) is 0 Å². The number of nitrogens with zero attached hydrogens (tertiary/aromatic N) is 1. The number of hydrogen-bond donors (Lipinski definition) is 2. The average molecular weight is 348 g/mol. The first-order valence-corrected chi connectivity index (χ1v) is 10.0. The van der Waals surface area contributed by atoms with Crippen molar-refractivity contribution in [3.05, 3.63) is 53.9 Å². The zero-order valence-electron chi connectivity index (χ0n) is 15.7. The van der Waals surface area contributed by atoms with Crippen LogP contribution in [0.15, 0.2) is 42.7 Å². The van der Waals surface area contributed by atoms with Gasteiger partial charge in [-0.25, -0.2) is 4.98 Å². The largest absolute Gasteiger partial charge is 0.345 e. The number of benzene rings is 2. The van der Waals surface area contributed by atoms with Gasteiger partial charge in [-0.2, -0.15) is 0 Å². The maximum Gasteiger partial charge on any atom is 0.0931 e. The molecule has 26 heavy (non-hydrogen) atoms. The minimum Gasteiger partial charge on any atom is -0.345 e. The Morgan fingerprint density at radius 2 is 1.85 bits per heavy atom. The lowest BCUT2D eigenvalue weighted by Gasteiger charge is -2.21. The fourth-order valence-corrected chi connectivity index (χ4v) is 4.19. The number of fused-ring (bicyclic) bond motifs is 1. The molecule has 0 unspecified atom stereocenters. The lowest BCUT2D eigenvalue weighted by molar-refractivity contribution is 0.334. The lowest BCUT2D eigenvalue weighted by Crippen LogP contribution is -2.19. The predicted octanol–water partition coefficient (Wildman–Crippen LogP) is 5.60. The molecule has 1 heterocycles. The van der Waals surface area contributed by atoms with Crippen molar-refractivity contribution in [2.75, 3.05) is 6.54 Å². The van der Waals surface area contributed by atoms with E-state index >= 15 is 0 Å². The molecular formula is C23H29N3. The van der Waals surface area contributed by atoms with E-state index in [4.69, 9.17) is 0 Å². The van der Waals surface area contributed by atoms with Crippen molar-refractivity contribution in [2.24, 2.45) is 5.92 Å². The number of rotatable bonds is 6. The number of H-pyrrole nitrogens is 1. The summed E-state index contributed by atoms with van der Waals surface area (Å²) in [5.74, 6) is 0.956. The van der Waals surface area contributed by atoms with Gasteiger partial charge in [-0.3, -0.25) is 0 Å². The molecule has 1 fully saturated rings. The van der Waals surface area contributed by atoms with Crippen LogP contribution < -0.4 is 5.32 Å². The second kappa shape index (κ2) is 8.05. The predicted molar refractivity (Wildman–Crippen MR) is 109 cm³/mol. The molecule has 3 heteroatoms. The van der Waals surface area contributed by atoms with E-state index in [-0.39, 0.29) is 0 Å². The Bertz CT molecular complexity index is 859. The molecule has 2 aromatic carbocycles. The molecule has 0 bridgehead atoms. The Hall–Kier alpha value is -2.13. The van der Waals surface area contributed by atoms with Crippen molar-refractivity contribution in [1.82, 2.24) is 15.3 Å². The monoisotopic (exact) mass is 347 g/mol. The van der Waals surface area contributed by atoms with Crippen LogP contribution in [0.3, 0.4) is 0 Å². The van der Waals surface area contributed by atoms with E-state index in [0.717, 1.165) is 30.0 Å². The molecule has 0 amide bonds. The lowest BCUT2D eigenvalue weighted by atomic mass is 9.87. The molecule has 1 saturated carbocycles. The standard InChI is InChI=1S/C23H29N3/c1-17-13-19(20-9-10-22-23(14-20)26-16-25-22)7-8-21(17)15-24-12-11-18-5-3-2-4-6-18/h7-10,13-14,16,18,24H,2-6,11-12,15H2,1H3,(H,25,26). The molecule has 4 rings (SSSR count). The fourth-order valence-electron chi connectivity index (χ4n) is 4.19. The van der Waals surface area contributed by atoms with Crippen molar-refractivity contribution >= 4 is 11.0 Å². The number of hydrogen-bond acceptors (Lipinski definition) is 2. The zero-order chi connectivity index (χ0) is 17.8. The molecule has 2 N–H and O–H groups in total. The van der Waals surface area contributed by atoms with Gasteiger partial charge in [-0.05, 0) is 60.2 Å². The van der Waals surface area contributed by atoms with Gasteiger partial charge in [0.2, 0.25) is 0 Å². The van der Waals surface area contributed by atoms with E-state index in [1.54, 1.807) is 6.33 Å². The Labute approximate surface area is 156 Å². The van der Waals surface area contributed by atoms with Crippen LogP contribution in [-0.2, 0) is 6.54 Å². The third-order valence-corrected chi connectivity index (χ3v) is 5.87. The van der Waals surface area contributed by atoms with Crippen molar-refractivity contribution < 1.29 is 0 Å². The van der Waals surface area contributed by atoms with Gasteiger partial charge in [0, 0.05) is 6.54 Å². The molecule has 0 saturated heterocycles. The molecule has 0 radical (unpaired) electrons. The third kappa shape index (κ3) is 3.99. The van der Waals surface area contributed by atoms with E-state index in [2.05, 4.69) is 58.6 Å². The van der Waals surface area contributed by atoms with E-state index < -0.39 is 0 Å². The maximum atomic E-state index is 4.30. The summed E-state index contributed by atoms with van der Waals surface area (Å²) < 4.78 is 0. The summed E-state index contributed by atoms with van der Waals surface area (Å²) in [5, 5.41) is 3.66. The number of nitrogens with one attached hydrogen (secondary N) is 2. The van der Waals surface area contributed by atoms with Crippen LogP contribution in [0.25, 0.3) is 22.2 Å². The van der Waals surface area contributed by atoms with Gasteiger partial charge in [-0.1, -0.05) is 56.4 Å². The molecule has 3 aromatic rings. The molecule has 1 aromatic heterocycles. The van der Waals surface area contributed by atoms with Gasteiger partial charge in [0.25, 0.3) is 0 Å². The van der Waals surface area contributed by atoms with Gasteiger partial charge >= 0.3 is 0 Å². The van der Waals surface area contributed by atoms with Crippen molar-refractivity contribution in [3.8, 4) is 11.1 Å². The summed E-state index contributed by atoms with van der Waals surface area (Å²) in [4.78, 5) is 7.49. The zero-order valence-corrected chi connectivity index (χ0v) is 15.7. The molecular weight excluding hydrogens is 318 g/mol. The van der Waals surface area contributed by atoms with Crippen LogP contribution >= 0.6 is 0 Å². The highest BCUT2D eigenvalue weighted by atomic mass is 14.9. The molecule has 0 aliphatic heterocycles. The van der Waals surface area contributed by atoms with Gasteiger partial charge in [-0.15, -0.1) is 0 Å². The van der Waals surface area contributed by atoms with Crippen molar-refractivity contribution in [3.63, 3.8) is 0 Å². The van der Waals surface area contributed by atoms with E-state index in [0.29, 0.717) is 0 Å². The summed E-state index contributed by atoms with van der Waals surface area (Å²) in [5.41, 5.74) is 7.38. The van der Waals surface area contributed by atoms with Crippen molar-refractivity contribution in [2.45, 2.75) is 52.0 Å². The van der Waals surface area contributed by atoms with E-state index in [1.807, 2.05) is 0 Å².